The second-order valence-electron chi connectivity index (χ2n) is 6.42. The van der Waals surface area contributed by atoms with Crippen LogP contribution in [0.15, 0.2) is 52.5 Å². The summed E-state index contributed by atoms with van der Waals surface area (Å²) in [5, 5.41) is 3.99. The number of methoxy groups -OCH3 is 1. The number of ether oxygens (including phenoxy) is 1. The van der Waals surface area contributed by atoms with Gasteiger partial charge in [0.25, 0.3) is 0 Å². The molecule has 2 aromatic carbocycles. The fourth-order valence-corrected chi connectivity index (χ4v) is 3.69. The van der Waals surface area contributed by atoms with Crippen LogP contribution in [0.1, 0.15) is 30.0 Å². The van der Waals surface area contributed by atoms with E-state index in [0.717, 1.165) is 23.1 Å². The Morgan fingerprint density at radius 3 is 2.48 bits per heavy atom. The number of benzene rings is 2. The van der Waals surface area contributed by atoms with Gasteiger partial charge in [0.15, 0.2) is 0 Å². The smallest absolute Gasteiger partial charge is 0.358 e. The van der Waals surface area contributed by atoms with E-state index in [2.05, 4.69) is 12.1 Å². The van der Waals surface area contributed by atoms with Gasteiger partial charge in [-0.15, -0.1) is 0 Å². The Kier molecular flexibility index (Phi) is 4.81. The van der Waals surface area contributed by atoms with Crippen LogP contribution in [-0.2, 0) is 20.8 Å². The quantitative estimate of drug-likeness (QED) is 0.781. The van der Waals surface area contributed by atoms with Crippen molar-refractivity contribution in [2.45, 2.75) is 31.6 Å². The third kappa shape index (κ3) is 3.85. The van der Waals surface area contributed by atoms with Crippen LogP contribution in [0, 0.1) is 12.8 Å². The van der Waals surface area contributed by atoms with Crippen LogP contribution in [0.25, 0.3) is 0 Å². The van der Waals surface area contributed by atoms with Gasteiger partial charge in [-0.1, -0.05) is 35.8 Å². The molecule has 6 heteroatoms. The number of hydrogen-bond donors (Lipinski definition) is 0. The topological polar surface area (TPSA) is 65.0 Å². The van der Waals surface area contributed by atoms with Gasteiger partial charge in [0.05, 0.1) is 12.8 Å². The molecular weight excluding hydrogens is 338 g/mol. The van der Waals surface area contributed by atoms with Crippen molar-refractivity contribution in [3.8, 4) is 5.75 Å². The van der Waals surface area contributed by atoms with Crippen molar-refractivity contribution in [3.63, 3.8) is 0 Å². The summed E-state index contributed by atoms with van der Waals surface area (Å²) >= 11 is 0. The van der Waals surface area contributed by atoms with E-state index < -0.39 is 10.1 Å². The summed E-state index contributed by atoms with van der Waals surface area (Å²) in [6.07, 6.45) is 1.58. The first-order chi connectivity index (χ1) is 11.9. The lowest BCUT2D eigenvalue weighted by Crippen LogP contribution is -2.19. The fourth-order valence-electron chi connectivity index (χ4n) is 2.95. The summed E-state index contributed by atoms with van der Waals surface area (Å²) in [7, 11) is -2.33. The number of fused-ring (bicyclic) bond motifs is 1. The molecule has 2 aromatic rings. The van der Waals surface area contributed by atoms with E-state index in [4.69, 9.17) is 9.02 Å². The summed E-state index contributed by atoms with van der Waals surface area (Å²) in [6, 6.07) is 12.3. The molecule has 0 radical (unpaired) electrons. The first-order valence-corrected chi connectivity index (χ1v) is 9.54. The molecule has 1 aliphatic carbocycles. The normalized spacial score (nSPS) is 18.7. The molecule has 0 bridgehead atoms. The van der Waals surface area contributed by atoms with Crippen LogP contribution in [-0.4, -0.2) is 21.2 Å². The van der Waals surface area contributed by atoms with Crippen molar-refractivity contribution in [1.29, 1.82) is 0 Å². The minimum absolute atomic E-state index is 0.0946. The largest absolute Gasteiger partial charge is 0.497 e. The van der Waals surface area contributed by atoms with Crippen molar-refractivity contribution in [1.82, 2.24) is 0 Å². The molecule has 0 N–H and O–H groups in total. The zero-order valence-corrected chi connectivity index (χ0v) is 15.3. The first-order valence-electron chi connectivity index (χ1n) is 8.13. The van der Waals surface area contributed by atoms with Crippen LogP contribution in [0.4, 0.5) is 0 Å². The van der Waals surface area contributed by atoms with Gasteiger partial charge in [0.1, 0.15) is 10.6 Å². The lowest BCUT2D eigenvalue weighted by molar-refractivity contribution is 0.336. The summed E-state index contributed by atoms with van der Waals surface area (Å²) in [4.78, 5) is 0.0946. The second kappa shape index (κ2) is 6.88. The zero-order chi connectivity index (χ0) is 18.0. The van der Waals surface area contributed by atoms with Gasteiger partial charge in [0.2, 0.25) is 0 Å². The predicted molar refractivity (Wildman–Crippen MR) is 96.5 cm³/mol. The molecule has 0 heterocycles. The minimum Gasteiger partial charge on any atom is -0.497 e. The Labute approximate surface area is 148 Å². The van der Waals surface area contributed by atoms with Gasteiger partial charge >= 0.3 is 10.1 Å². The second-order valence-corrected chi connectivity index (χ2v) is 7.94. The molecule has 0 spiro atoms. The summed E-state index contributed by atoms with van der Waals surface area (Å²) in [5.41, 5.74) is 3.61. The van der Waals surface area contributed by atoms with E-state index >= 15 is 0 Å². The van der Waals surface area contributed by atoms with E-state index in [0.29, 0.717) is 23.8 Å². The maximum absolute atomic E-state index is 12.3. The van der Waals surface area contributed by atoms with Crippen LogP contribution in [0.2, 0.25) is 0 Å². The Balaban J connectivity index is 1.92. The standard InChI is InChI=1S/C19H21NO4S/c1-13-4-8-17(9-5-13)25(21,22)24-20-19-11-14(2)10-15-6-7-16(23-3)12-18(15)19/h4-9,12,14H,10-11H2,1-3H3/b20-19+. The Bertz CT molecular complexity index is 902. The summed E-state index contributed by atoms with van der Waals surface area (Å²) < 4.78 is 35.0. The molecule has 0 saturated heterocycles. The van der Waals surface area contributed by atoms with E-state index in [1.54, 1.807) is 19.2 Å². The van der Waals surface area contributed by atoms with Gasteiger partial charge in [-0.25, -0.2) is 0 Å². The Morgan fingerprint density at radius 1 is 1.08 bits per heavy atom. The lowest BCUT2D eigenvalue weighted by Gasteiger charge is -2.23. The molecule has 5 nitrogen and oxygen atoms in total. The first kappa shape index (κ1) is 17.5. The zero-order valence-electron chi connectivity index (χ0n) is 14.5. The molecule has 25 heavy (non-hydrogen) atoms. The molecule has 132 valence electrons. The average Bonchev–Trinajstić information content (AvgIpc) is 2.59. The molecule has 0 fully saturated rings. The lowest BCUT2D eigenvalue weighted by atomic mass is 9.83. The molecule has 0 aliphatic heterocycles. The molecule has 0 aromatic heterocycles. The monoisotopic (exact) mass is 359 g/mol. The van der Waals surface area contributed by atoms with Gasteiger partial charge in [-0.3, -0.25) is 4.28 Å². The van der Waals surface area contributed by atoms with Gasteiger partial charge in [-0.05, 0) is 55.5 Å². The van der Waals surface area contributed by atoms with E-state index in [-0.39, 0.29) is 4.90 Å². The number of rotatable bonds is 4. The van der Waals surface area contributed by atoms with Crippen LogP contribution in [0.5, 0.6) is 5.75 Å². The highest BCUT2D eigenvalue weighted by Crippen LogP contribution is 2.29. The third-order valence-corrected chi connectivity index (χ3v) is 5.41. The number of nitrogens with zero attached hydrogens (tertiary/aromatic N) is 1. The van der Waals surface area contributed by atoms with E-state index in [9.17, 15) is 8.42 Å². The van der Waals surface area contributed by atoms with Crippen LogP contribution < -0.4 is 4.74 Å². The molecule has 3 rings (SSSR count). The van der Waals surface area contributed by atoms with E-state index in [1.807, 2.05) is 25.1 Å². The predicted octanol–water partition coefficient (Wildman–Crippen LogP) is 3.70. The van der Waals surface area contributed by atoms with Crippen LogP contribution in [0.3, 0.4) is 0 Å². The summed E-state index contributed by atoms with van der Waals surface area (Å²) in [5.74, 6) is 1.08. The minimum atomic E-state index is -3.93. The molecular formula is C19H21NO4S. The summed E-state index contributed by atoms with van der Waals surface area (Å²) in [6.45, 7) is 4.00. The van der Waals surface area contributed by atoms with Crippen molar-refractivity contribution >= 4 is 15.8 Å². The SMILES string of the molecule is COc1ccc2c(c1)/C(=N/OS(=O)(=O)c1ccc(C)cc1)CC(C)C2. The van der Waals surface area contributed by atoms with Crippen molar-refractivity contribution in [3.05, 3.63) is 59.2 Å². The van der Waals surface area contributed by atoms with Gasteiger partial charge in [-0.2, -0.15) is 8.42 Å². The maximum Gasteiger partial charge on any atom is 0.358 e. The molecule has 0 amide bonds. The van der Waals surface area contributed by atoms with Gasteiger partial charge < -0.3 is 4.74 Å². The molecule has 1 atom stereocenters. The maximum atomic E-state index is 12.3. The third-order valence-electron chi connectivity index (χ3n) is 4.29. The molecule has 1 aliphatic rings. The highest BCUT2D eigenvalue weighted by atomic mass is 32.2. The number of oxime groups is 1. The molecule has 1 unspecified atom stereocenters. The van der Waals surface area contributed by atoms with E-state index in [1.165, 1.54) is 12.1 Å². The number of aryl methyl sites for hydroxylation is 1. The van der Waals surface area contributed by atoms with Crippen molar-refractivity contribution in [2.75, 3.05) is 7.11 Å². The Hall–Kier alpha value is -2.34. The molecule has 0 saturated carbocycles. The fraction of sp³-hybridized carbons (Fsp3) is 0.316. The van der Waals surface area contributed by atoms with Crippen LogP contribution >= 0.6 is 0 Å². The highest BCUT2D eigenvalue weighted by Gasteiger charge is 2.23. The van der Waals surface area contributed by atoms with Crippen molar-refractivity contribution < 1.29 is 17.4 Å². The van der Waals surface area contributed by atoms with Crippen molar-refractivity contribution in [2.24, 2.45) is 11.1 Å². The highest BCUT2D eigenvalue weighted by molar-refractivity contribution is 7.86. The van der Waals surface area contributed by atoms with Gasteiger partial charge in [0, 0.05) is 5.56 Å². The average molecular weight is 359 g/mol. The Morgan fingerprint density at radius 2 is 1.80 bits per heavy atom. The number of hydrogen-bond acceptors (Lipinski definition) is 5.